The van der Waals surface area contributed by atoms with Crippen molar-refractivity contribution in [1.29, 1.82) is 0 Å². The quantitative estimate of drug-likeness (QED) is 0.687. The van der Waals surface area contributed by atoms with E-state index in [0.29, 0.717) is 18.9 Å². The topological polar surface area (TPSA) is 58.2 Å². The second-order valence-corrected chi connectivity index (χ2v) is 5.60. The lowest BCUT2D eigenvalue weighted by atomic mass is 9.86. The number of imide groups is 1. The summed E-state index contributed by atoms with van der Waals surface area (Å²) >= 11 is 0. The Hall–Kier alpha value is -0.900. The van der Waals surface area contributed by atoms with Crippen LogP contribution in [0.25, 0.3) is 0 Å². The Morgan fingerprint density at radius 1 is 1.31 bits per heavy atom. The average molecular weight is 224 g/mol. The normalized spacial score (nSPS) is 33.9. The molecule has 2 amide bonds. The van der Waals surface area contributed by atoms with Gasteiger partial charge >= 0.3 is 0 Å². The molecule has 1 saturated carbocycles. The van der Waals surface area contributed by atoms with Crippen molar-refractivity contribution in [3.05, 3.63) is 0 Å². The third kappa shape index (κ3) is 2.26. The number of rotatable bonds is 2. The van der Waals surface area contributed by atoms with Gasteiger partial charge in [-0.05, 0) is 24.7 Å². The summed E-state index contributed by atoms with van der Waals surface area (Å²) in [5.74, 6) is -0.298. The fourth-order valence-electron chi connectivity index (χ4n) is 2.73. The second kappa shape index (κ2) is 4.17. The first-order valence-corrected chi connectivity index (χ1v) is 6.09. The number of piperidine rings is 1. The molecule has 2 N–H and O–H groups in total. The zero-order valence-electron chi connectivity index (χ0n) is 10.0. The molecule has 4 heteroatoms. The number of carbonyl (C=O) groups is 2. The summed E-state index contributed by atoms with van der Waals surface area (Å²) in [6.45, 7) is 4.48. The van der Waals surface area contributed by atoms with Gasteiger partial charge in [-0.25, -0.2) is 0 Å². The molecule has 0 radical (unpaired) electrons. The van der Waals surface area contributed by atoms with E-state index in [4.69, 9.17) is 0 Å². The molecule has 4 nitrogen and oxygen atoms in total. The van der Waals surface area contributed by atoms with Crippen LogP contribution in [0.5, 0.6) is 0 Å². The van der Waals surface area contributed by atoms with Crippen molar-refractivity contribution in [1.82, 2.24) is 10.6 Å². The van der Waals surface area contributed by atoms with Gasteiger partial charge in [-0.1, -0.05) is 20.3 Å². The van der Waals surface area contributed by atoms with Crippen LogP contribution in [-0.2, 0) is 9.59 Å². The third-order valence-corrected chi connectivity index (χ3v) is 3.90. The van der Waals surface area contributed by atoms with Crippen molar-refractivity contribution in [3.8, 4) is 0 Å². The van der Waals surface area contributed by atoms with E-state index < -0.39 is 0 Å². The van der Waals surface area contributed by atoms with Crippen LogP contribution in [-0.4, -0.2) is 23.9 Å². The van der Waals surface area contributed by atoms with Crippen molar-refractivity contribution in [2.75, 3.05) is 0 Å². The highest BCUT2D eigenvalue weighted by Crippen LogP contribution is 2.37. The minimum absolute atomic E-state index is 0.145. The number of hydrogen-bond donors (Lipinski definition) is 2. The fourth-order valence-corrected chi connectivity index (χ4v) is 2.73. The third-order valence-electron chi connectivity index (χ3n) is 3.90. The molecule has 0 aromatic carbocycles. The Kier molecular flexibility index (Phi) is 3.02. The van der Waals surface area contributed by atoms with Gasteiger partial charge in [0.2, 0.25) is 11.8 Å². The zero-order chi connectivity index (χ0) is 11.8. The first-order chi connectivity index (χ1) is 7.49. The molecule has 16 heavy (non-hydrogen) atoms. The number of nitrogens with one attached hydrogen (secondary N) is 2. The lowest BCUT2D eigenvalue weighted by Crippen LogP contribution is -2.55. The van der Waals surface area contributed by atoms with Crippen molar-refractivity contribution >= 4 is 11.8 Å². The van der Waals surface area contributed by atoms with Crippen molar-refractivity contribution < 1.29 is 9.59 Å². The predicted molar refractivity (Wildman–Crippen MR) is 60.7 cm³/mol. The van der Waals surface area contributed by atoms with E-state index in [1.807, 2.05) is 0 Å². The SMILES string of the molecule is CC1(C)CCCC1NC1CCC(=O)NC1=O. The molecule has 0 spiro atoms. The summed E-state index contributed by atoms with van der Waals surface area (Å²) in [5.41, 5.74) is 0.266. The van der Waals surface area contributed by atoms with Gasteiger partial charge in [0.25, 0.3) is 0 Å². The van der Waals surface area contributed by atoms with Crippen molar-refractivity contribution in [2.45, 2.75) is 58.0 Å². The molecule has 2 fully saturated rings. The van der Waals surface area contributed by atoms with Crippen LogP contribution < -0.4 is 10.6 Å². The fraction of sp³-hybridized carbons (Fsp3) is 0.833. The van der Waals surface area contributed by atoms with Crippen LogP contribution in [0.4, 0.5) is 0 Å². The van der Waals surface area contributed by atoms with Gasteiger partial charge in [0.15, 0.2) is 0 Å². The van der Waals surface area contributed by atoms with Gasteiger partial charge in [0.05, 0.1) is 6.04 Å². The Morgan fingerprint density at radius 3 is 2.62 bits per heavy atom. The molecule has 1 heterocycles. The lowest BCUT2D eigenvalue weighted by Gasteiger charge is -2.32. The summed E-state index contributed by atoms with van der Waals surface area (Å²) in [7, 11) is 0. The Labute approximate surface area is 96.2 Å². The second-order valence-electron chi connectivity index (χ2n) is 5.60. The highest BCUT2D eigenvalue weighted by Gasteiger charge is 2.37. The van der Waals surface area contributed by atoms with Gasteiger partial charge in [-0.3, -0.25) is 14.9 Å². The van der Waals surface area contributed by atoms with Crippen LogP contribution in [0.1, 0.15) is 46.0 Å². The molecule has 2 aliphatic rings. The maximum atomic E-state index is 11.6. The molecule has 1 aliphatic heterocycles. The lowest BCUT2D eigenvalue weighted by molar-refractivity contribution is -0.135. The van der Waals surface area contributed by atoms with Crippen LogP contribution in [0, 0.1) is 5.41 Å². The molecule has 1 saturated heterocycles. The minimum atomic E-state index is -0.180. The molecule has 0 aromatic heterocycles. The standard InChI is InChI=1S/C12H20N2O2/c1-12(2)7-3-4-9(12)13-8-5-6-10(15)14-11(8)16/h8-9,13H,3-7H2,1-2H3,(H,14,15,16). The summed E-state index contributed by atoms with van der Waals surface area (Å²) < 4.78 is 0. The summed E-state index contributed by atoms with van der Waals surface area (Å²) in [4.78, 5) is 22.6. The van der Waals surface area contributed by atoms with E-state index in [-0.39, 0.29) is 23.3 Å². The Morgan fingerprint density at radius 2 is 2.06 bits per heavy atom. The van der Waals surface area contributed by atoms with Crippen LogP contribution >= 0.6 is 0 Å². The molecule has 2 unspecified atom stereocenters. The highest BCUT2D eigenvalue weighted by atomic mass is 16.2. The van der Waals surface area contributed by atoms with Crippen molar-refractivity contribution in [3.63, 3.8) is 0 Å². The Bertz CT molecular complexity index is 312. The molecule has 2 atom stereocenters. The molecule has 0 aromatic rings. The Balaban J connectivity index is 1.94. The van der Waals surface area contributed by atoms with Gasteiger partial charge in [-0.15, -0.1) is 0 Å². The molecule has 90 valence electrons. The molecular weight excluding hydrogens is 204 g/mol. The molecule has 2 rings (SSSR count). The largest absolute Gasteiger partial charge is 0.303 e. The smallest absolute Gasteiger partial charge is 0.243 e. The summed E-state index contributed by atoms with van der Waals surface area (Å²) in [6.07, 6.45) is 4.65. The first-order valence-electron chi connectivity index (χ1n) is 6.09. The minimum Gasteiger partial charge on any atom is -0.303 e. The molecule has 0 bridgehead atoms. The van der Waals surface area contributed by atoms with Gasteiger partial charge < -0.3 is 5.32 Å². The maximum Gasteiger partial charge on any atom is 0.243 e. The first kappa shape index (κ1) is 11.6. The van der Waals surface area contributed by atoms with Crippen molar-refractivity contribution in [2.24, 2.45) is 5.41 Å². The van der Waals surface area contributed by atoms with E-state index >= 15 is 0 Å². The van der Waals surface area contributed by atoms with Crippen LogP contribution in [0.2, 0.25) is 0 Å². The van der Waals surface area contributed by atoms with E-state index in [9.17, 15) is 9.59 Å². The zero-order valence-corrected chi connectivity index (χ0v) is 10.0. The summed E-state index contributed by atoms with van der Waals surface area (Å²) in [5, 5.41) is 5.80. The number of hydrogen-bond acceptors (Lipinski definition) is 3. The predicted octanol–water partition coefficient (Wildman–Crippen LogP) is 0.960. The average Bonchev–Trinajstić information content (AvgIpc) is 2.50. The van der Waals surface area contributed by atoms with E-state index in [0.717, 1.165) is 6.42 Å². The molecule has 1 aliphatic carbocycles. The van der Waals surface area contributed by atoms with Gasteiger partial charge in [0, 0.05) is 12.5 Å². The monoisotopic (exact) mass is 224 g/mol. The highest BCUT2D eigenvalue weighted by molar-refractivity contribution is 6.00. The van der Waals surface area contributed by atoms with Crippen LogP contribution in [0.3, 0.4) is 0 Å². The maximum absolute atomic E-state index is 11.6. The van der Waals surface area contributed by atoms with E-state index in [1.54, 1.807) is 0 Å². The van der Waals surface area contributed by atoms with Gasteiger partial charge in [0.1, 0.15) is 0 Å². The van der Waals surface area contributed by atoms with E-state index in [1.165, 1.54) is 12.8 Å². The van der Waals surface area contributed by atoms with Gasteiger partial charge in [-0.2, -0.15) is 0 Å². The number of amides is 2. The molecular formula is C12H20N2O2. The summed E-state index contributed by atoms with van der Waals surface area (Å²) in [6, 6.07) is 0.219. The van der Waals surface area contributed by atoms with E-state index in [2.05, 4.69) is 24.5 Å². The van der Waals surface area contributed by atoms with Crippen LogP contribution in [0.15, 0.2) is 0 Å². The number of carbonyl (C=O) groups excluding carboxylic acids is 2.